The lowest BCUT2D eigenvalue weighted by molar-refractivity contribution is 0.273. The molecule has 22 heavy (non-hydrogen) atoms. The van der Waals surface area contributed by atoms with Crippen LogP contribution in [0.4, 0.5) is 0 Å². The van der Waals surface area contributed by atoms with E-state index >= 15 is 0 Å². The maximum atomic E-state index is 5.46. The van der Waals surface area contributed by atoms with Crippen LogP contribution in [-0.4, -0.2) is 31.6 Å². The van der Waals surface area contributed by atoms with Crippen LogP contribution in [-0.2, 0) is 5.41 Å². The molecule has 1 aliphatic rings. The Bertz CT molecular complexity index is 469. The second kappa shape index (κ2) is 7.50. The van der Waals surface area contributed by atoms with Crippen molar-refractivity contribution in [1.82, 2.24) is 4.90 Å². The maximum Gasteiger partial charge on any atom is 0.119 e. The summed E-state index contributed by atoms with van der Waals surface area (Å²) in [7, 11) is 1.76. The molecule has 2 heteroatoms. The number of hydrogen-bond acceptors (Lipinski definition) is 2. The highest BCUT2D eigenvalue weighted by Gasteiger charge is 2.39. The predicted octanol–water partition coefficient (Wildman–Crippen LogP) is 4.73. The Hall–Kier alpha value is -1.02. The van der Waals surface area contributed by atoms with E-state index in [1.54, 1.807) is 7.11 Å². The first-order valence-electron chi connectivity index (χ1n) is 8.82. The van der Waals surface area contributed by atoms with Crippen molar-refractivity contribution in [3.05, 3.63) is 29.8 Å². The van der Waals surface area contributed by atoms with Crippen LogP contribution < -0.4 is 4.74 Å². The van der Waals surface area contributed by atoms with E-state index in [-0.39, 0.29) is 0 Å². The van der Waals surface area contributed by atoms with Gasteiger partial charge < -0.3 is 9.64 Å². The first-order chi connectivity index (χ1) is 10.4. The summed E-state index contributed by atoms with van der Waals surface area (Å²) in [5, 5.41) is 0. The summed E-state index contributed by atoms with van der Waals surface area (Å²) in [6.07, 6.45) is 3.84. The summed E-state index contributed by atoms with van der Waals surface area (Å²) < 4.78 is 5.46. The standard InChI is InChI=1S/C20H33NO/c1-16(2)9-11-21-12-10-20(15-21,14-17(3)4)18-7-6-8-19(13-18)22-5/h6-8,13,16-17H,9-12,14-15H2,1-5H3/t20-/m1/s1. The molecule has 0 bridgehead atoms. The van der Waals surface area contributed by atoms with Crippen LogP contribution >= 0.6 is 0 Å². The van der Waals surface area contributed by atoms with Crippen molar-refractivity contribution in [1.29, 1.82) is 0 Å². The lowest BCUT2D eigenvalue weighted by Gasteiger charge is -2.32. The van der Waals surface area contributed by atoms with Gasteiger partial charge in [-0.25, -0.2) is 0 Å². The summed E-state index contributed by atoms with van der Waals surface area (Å²) in [6, 6.07) is 8.76. The molecule has 0 spiro atoms. The van der Waals surface area contributed by atoms with E-state index in [1.807, 2.05) is 0 Å². The van der Waals surface area contributed by atoms with Crippen LogP contribution in [0.3, 0.4) is 0 Å². The van der Waals surface area contributed by atoms with E-state index < -0.39 is 0 Å². The largest absolute Gasteiger partial charge is 0.497 e. The maximum absolute atomic E-state index is 5.46. The van der Waals surface area contributed by atoms with Gasteiger partial charge in [0.05, 0.1) is 7.11 Å². The first kappa shape index (κ1) is 17.3. The molecule has 124 valence electrons. The van der Waals surface area contributed by atoms with Gasteiger partial charge in [0, 0.05) is 12.0 Å². The highest BCUT2D eigenvalue weighted by atomic mass is 16.5. The van der Waals surface area contributed by atoms with Crippen molar-refractivity contribution in [2.45, 2.75) is 52.4 Å². The van der Waals surface area contributed by atoms with Crippen molar-refractivity contribution in [3.63, 3.8) is 0 Å². The number of likely N-dealkylation sites (tertiary alicyclic amines) is 1. The Balaban J connectivity index is 2.18. The molecule has 1 aromatic rings. The Kier molecular flexibility index (Phi) is 5.91. The van der Waals surface area contributed by atoms with E-state index in [4.69, 9.17) is 4.74 Å². The van der Waals surface area contributed by atoms with Crippen molar-refractivity contribution in [2.24, 2.45) is 11.8 Å². The minimum atomic E-state index is 0.305. The summed E-state index contributed by atoms with van der Waals surface area (Å²) in [5.74, 6) is 2.49. The third kappa shape index (κ3) is 4.25. The minimum absolute atomic E-state index is 0.305. The second-order valence-corrected chi connectivity index (χ2v) is 7.82. The van der Waals surface area contributed by atoms with Crippen molar-refractivity contribution in [3.8, 4) is 5.75 Å². The highest BCUT2D eigenvalue weighted by molar-refractivity contribution is 5.35. The molecule has 1 heterocycles. The van der Waals surface area contributed by atoms with Gasteiger partial charge in [0.15, 0.2) is 0 Å². The van der Waals surface area contributed by atoms with Crippen molar-refractivity contribution >= 4 is 0 Å². The molecule has 0 saturated carbocycles. The molecule has 0 aromatic heterocycles. The zero-order valence-corrected chi connectivity index (χ0v) is 15.1. The number of benzene rings is 1. The summed E-state index contributed by atoms with van der Waals surface area (Å²) in [5.41, 5.74) is 1.77. The first-order valence-corrected chi connectivity index (χ1v) is 8.82. The fourth-order valence-electron chi connectivity index (χ4n) is 3.84. The van der Waals surface area contributed by atoms with E-state index in [0.717, 1.165) is 17.6 Å². The van der Waals surface area contributed by atoms with Gasteiger partial charge >= 0.3 is 0 Å². The molecule has 0 unspecified atom stereocenters. The second-order valence-electron chi connectivity index (χ2n) is 7.82. The van der Waals surface area contributed by atoms with Crippen molar-refractivity contribution in [2.75, 3.05) is 26.7 Å². The molecule has 0 radical (unpaired) electrons. The molecule has 0 aliphatic carbocycles. The smallest absolute Gasteiger partial charge is 0.119 e. The molecule has 1 aromatic carbocycles. The number of ether oxygens (including phenoxy) is 1. The lowest BCUT2D eigenvalue weighted by Crippen LogP contribution is -2.33. The van der Waals surface area contributed by atoms with Crippen molar-refractivity contribution < 1.29 is 4.74 Å². The van der Waals surface area contributed by atoms with E-state index in [0.29, 0.717) is 5.41 Å². The van der Waals surface area contributed by atoms with Gasteiger partial charge in [0.1, 0.15) is 5.75 Å². The molecule has 2 rings (SSSR count). The summed E-state index contributed by atoms with van der Waals surface area (Å²) >= 11 is 0. The lowest BCUT2D eigenvalue weighted by atomic mass is 9.73. The molecule has 1 saturated heterocycles. The molecule has 1 fully saturated rings. The molecule has 0 amide bonds. The topological polar surface area (TPSA) is 12.5 Å². The number of nitrogens with zero attached hydrogens (tertiary/aromatic N) is 1. The van der Waals surface area contributed by atoms with Crippen LogP contribution in [0.1, 0.15) is 52.5 Å². The third-order valence-electron chi connectivity index (χ3n) is 4.94. The van der Waals surface area contributed by atoms with Gasteiger partial charge in [-0.3, -0.25) is 0 Å². The van der Waals surface area contributed by atoms with E-state index in [2.05, 4.69) is 56.9 Å². The molecule has 1 atom stereocenters. The van der Waals surface area contributed by atoms with Crippen LogP contribution in [0.5, 0.6) is 5.75 Å². The molecule has 1 aliphatic heterocycles. The monoisotopic (exact) mass is 303 g/mol. The zero-order valence-electron chi connectivity index (χ0n) is 15.1. The SMILES string of the molecule is COc1cccc([C@@]2(CC(C)C)CCN(CCC(C)C)C2)c1. The van der Waals surface area contributed by atoms with Crippen LogP contribution in [0, 0.1) is 11.8 Å². The Labute approximate surface area is 136 Å². The van der Waals surface area contributed by atoms with Gasteiger partial charge in [-0.05, 0) is 61.9 Å². The normalized spacial score (nSPS) is 22.7. The molecule has 0 N–H and O–H groups in total. The minimum Gasteiger partial charge on any atom is -0.497 e. The number of methoxy groups -OCH3 is 1. The summed E-state index contributed by atoms with van der Waals surface area (Å²) in [6.45, 7) is 13.0. The average molecular weight is 303 g/mol. The average Bonchev–Trinajstić information content (AvgIpc) is 2.89. The van der Waals surface area contributed by atoms with Crippen LogP contribution in [0.25, 0.3) is 0 Å². The Morgan fingerprint density at radius 3 is 2.59 bits per heavy atom. The molecule has 2 nitrogen and oxygen atoms in total. The van der Waals surface area contributed by atoms with Crippen LogP contribution in [0.2, 0.25) is 0 Å². The van der Waals surface area contributed by atoms with E-state index in [9.17, 15) is 0 Å². The van der Waals surface area contributed by atoms with Gasteiger partial charge in [0.25, 0.3) is 0 Å². The number of hydrogen-bond donors (Lipinski definition) is 0. The quantitative estimate of drug-likeness (QED) is 0.722. The number of rotatable bonds is 7. The fourth-order valence-corrected chi connectivity index (χ4v) is 3.84. The van der Waals surface area contributed by atoms with Crippen LogP contribution in [0.15, 0.2) is 24.3 Å². The molecular formula is C20H33NO. The van der Waals surface area contributed by atoms with Gasteiger partial charge in [-0.15, -0.1) is 0 Å². The van der Waals surface area contributed by atoms with E-state index in [1.165, 1.54) is 44.5 Å². The Morgan fingerprint density at radius 2 is 1.95 bits per heavy atom. The molecular weight excluding hydrogens is 270 g/mol. The van der Waals surface area contributed by atoms with Gasteiger partial charge in [0.2, 0.25) is 0 Å². The summed E-state index contributed by atoms with van der Waals surface area (Å²) in [4.78, 5) is 2.67. The van der Waals surface area contributed by atoms with Gasteiger partial charge in [-0.1, -0.05) is 39.8 Å². The van der Waals surface area contributed by atoms with Gasteiger partial charge in [-0.2, -0.15) is 0 Å². The predicted molar refractivity (Wildman–Crippen MR) is 94.6 cm³/mol. The third-order valence-corrected chi connectivity index (χ3v) is 4.94. The zero-order chi connectivity index (χ0) is 16.2. The highest BCUT2D eigenvalue weighted by Crippen LogP contribution is 2.41. The fraction of sp³-hybridized carbons (Fsp3) is 0.700. The Morgan fingerprint density at radius 1 is 1.18 bits per heavy atom.